The lowest BCUT2D eigenvalue weighted by atomic mass is 10.2. The molecule has 0 atom stereocenters. The van der Waals surface area contributed by atoms with E-state index in [9.17, 15) is 9.59 Å². The lowest BCUT2D eigenvalue weighted by Gasteiger charge is -2.34. The molecule has 2 N–H and O–H groups in total. The molecule has 1 aliphatic rings. The van der Waals surface area contributed by atoms with Gasteiger partial charge in [-0.25, -0.2) is 4.79 Å². The maximum absolute atomic E-state index is 12.7. The molecule has 0 radical (unpaired) electrons. The Hall–Kier alpha value is -3.26. The van der Waals surface area contributed by atoms with E-state index in [-0.39, 0.29) is 11.9 Å². The number of nitrogens with one attached hydrogen (secondary N) is 2. The van der Waals surface area contributed by atoms with Crippen molar-refractivity contribution in [2.24, 2.45) is 0 Å². The van der Waals surface area contributed by atoms with Crippen LogP contribution in [0.1, 0.15) is 10.5 Å². The van der Waals surface area contributed by atoms with E-state index in [1.54, 1.807) is 58.5 Å². The van der Waals surface area contributed by atoms with Gasteiger partial charge < -0.3 is 19.5 Å². The molecule has 3 heterocycles. The number of hydrogen-bond acceptors (Lipinski definition) is 4. The van der Waals surface area contributed by atoms with Crippen LogP contribution in [0.25, 0.3) is 11.5 Å². The number of benzene rings is 1. The van der Waals surface area contributed by atoms with E-state index in [1.807, 2.05) is 0 Å². The number of carbonyl (C=O) groups is 2. The second-order valence-corrected chi connectivity index (χ2v) is 6.80. The summed E-state index contributed by atoms with van der Waals surface area (Å²) in [4.78, 5) is 28.4. The van der Waals surface area contributed by atoms with Crippen molar-refractivity contribution in [1.29, 1.82) is 0 Å². The normalized spacial score (nSPS) is 14.2. The first-order valence-corrected chi connectivity index (χ1v) is 9.18. The van der Waals surface area contributed by atoms with Crippen molar-refractivity contribution in [3.05, 3.63) is 59.4 Å². The van der Waals surface area contributed by atoms with Gasteiger partial charge in [-0.15, -0.1) is 0 Å². The van der Waals surface area contributed by atoms with E-state index in [1.165, 1.54) is 0 Å². The quantitative estimate of drug-likeness (QED) is 0.706. The Kier molecular flexibility index (Phi) is 5.03. The van der Waals surface area contributed by atoms with Crippen molar-refractivity contribution in [3.63, 3.8) is 0 Å². The van der Waals surface area contributed by atoms with E-state index in [4.69, 9.17) is 16.0 Å². The van der Waals surface area contributed by atoms with Gasteiger partial charge in [-0.3, -0.25) is 9.89 Å². The number of halogens is 1. The first kappa shape index (κ1) is 18.1. The van der Waals surface area contributed by atoms with Gasteiger partial charge >= 0.3 is 6.03 Å². The number of nitrogens with zero attached hydrogens (tertiary/aromatic N) is 3. The highest BCUT2D eigenvalue weighted by Gasteiger charge is 2.26. The molecule has 4 rings (SSSR count). The molecule has 8 nitrogen and oxygen atoms in total. The zero-order chi connectivity index (χ0) is 19.5. The van der Waals surface area contributed by atoms with Crippen LogP contribution in [0.2, 0.25) is 5.02 Å². The van der Waals surface area contributed by atoms with Crippen LogP contribution >= 0.6 is 11.6 Å². The predicted octanol–water partition coefficient (Wildman–Crippen LogP) is 3.31. The summed E-state index contributed by atoms with van der Waals surface area (Å²) in [5.41, 5.74) is 1.65. The Morgan fingerprint density at radius 1 is 1.07 bits per heavy atom. The Bertz CT molecular complexity index is 960. The zero-order valence-corrected chi connectivity index (χ0v) is 15.6. The van der Waals surface area contributed by atoms with Crippen molar-refractivity contribution < 1.29 is 14.0 Å². The summed E-state index contributed by atoms with van der Waals surface area (Å²) in [7, 11) is 0. The van der Waals surface area contributed by atoms with E-state index in [0.717, 1.165) is 0 Å². The lowest BCUT2D eigenvalue weighted by Crippen LogP contribution is -2.51. The average Bonchev–Trinajstić information content (AvgIpc) is 3.41. The standard InChI is InChI=1S/C19H18ClN5O3/c20-13-3-5-14(6-4-13)21-19(27)25-9-7-24(8-10-25)18(26)16-12-15(22-23-16)17-2-1-11-28-17/h1-6,11-12H,7-10H2,(H,21,27)(H,22,23). The number of piperazine rings is 1. The number of furan rings is 1. The molecule has 28 heavy (non-hydrogen) atoms. The highest BCUT2D eigenvalue weighted by atomic mass is 35.5. The summed E-state index contributed by atoms with van der Waals surface area (Å²) in [5, 5.41) is 10.3. The summed E-state index contributed by atoms with van der Waals surface area (Å²) >= 11 is 5.85. The Labute approximate surface area is 166 Å². The van der Waals surface area contributed by atoms with E-state index >= 15 is 0 Å². The highest BCUT2D eigenvalue weighted by molar-refractivity contribution is 6.30. The Morgan fingerprint density at radius 3 is 2.46 bits per heavy atom. The summed E-state index contributed by atoms with van der Waals surface area (Å²) < 4.78 is 5.30. The van der Waals surface area contributed by atoms with Crippen LogP contribution in [0.4, 0.5) is 10.5 Å². The van der Waals surface area contributed by atoms with Crippen LogP contribution in [0.5, 0.6) is 0 Å². The van der Waals surface area contributed by atoms with Gasteiger partial charge in [0.25, 0.3) is 5.91 Å². The first-order valence-electron chi connectivity index (χ1n) is 8.80. The molecule has 0 bridgehead atoms. The number of urea groups is 1. The summed E-state index contributed by atoms with van der Waals surface area (Å²) in [6.45, 7) is 1.77. The number of amides is 3. The molecular weight excluding hydrogens is 382 g/mol. The minimum Gasteiger partial charge on any atom is -0.463 e. The highest BCUT2D eigenvalue weighted by Crippen LogP contribution is 2.19. The minimum absolute atomic E-state index is 0.174. The average molecular weight is 400 g/mol. The molecule has 1 aromatic carbocycles. The number of aromatic amines is 1. The molecule has 9 heteroatoms. The first-order chi connectivity index (χ1) is 13.6. The van der Waals surface area contributed by atoms with Gasteiger partial charge in [0.1, 0.15) is 5.69 Å². The number of anilines is 1. The molecule has 2 aromatic heterocycles. The number of H-pyrrole nitrogens is 1. The smallest absolute Gasteiger partial charge is 0.321 e. The monoisotopic (exact) mass is 399 g/mol. The van der Waals surface area contributed by atoms with Gasteiger partial charge in [0.05, 0.1) is 6.26 Å². The molecule has 3 aromatic rings. The SMILES string of the molecule is O=C(Nc1ccc(Cl)cc1)N1CCN(C(=O)c2cc(-c3ccco3)[nH]n2)CC1. The zero-order valence-electron chi connectivity index (χ0n) is 14.9. The van der Waals surface area contributed by atoms with E-state index in [0.29, 0.717) is 54.0 Å². The summed E-state index contributed by atoms with van der Waals surface area (Å²) in [6.07, 6.45) is 1.56. The molecule has 1 fully saturated rings. The van der Waals surface area contributed by atoms with Crippen molar-refractivity contribution in [1.82, 2.24) is 20.0 Å². The van der Waals surface area contributed by atoms with Crippen molar-refractivity contribution in [2.45, 2.75) is 0 Å². The van der Waals surface area contributed by atoms with Crippen LogP contribution in [0.15, 0.2) is 53.1 Å². The molecule has 3 amide bonds. The third kappa shape index (κ3) is 3.86. The van der Waals surface area contributed by atoms with Crippen LogP contribution in [0.3, 0.4) is 0 Å². The molecule has 0 spiro atoms. The molecule has 0 unspecified atom stereocenters. The van der Waals surface area contributed by atoms with Crippen molar-refractivity contribution >= 4 is 29.2 Å². The fourth-order valence-electron chi connectivity index (χ4n) is 3.00. The third-order valence-corrected chi connectivity index (χ3v) is 4.79. The van der Waals surface area contributed by atoms with Gasteiger partial charge in [-0.1, -0.05) is 11.6 Å². The van der Waals surface area contributed by atoms with Crippen LogP contribution < -0.4 is 5.32 Å². The maximum Gasteiger partial charge on any atom is 0.321 e. The van der Waals surface area contributed by atoms with E-state index < -0.39 is 0 Å². The summed E-state index contributed by atoms with van der Waals surface area (Å²) in [5.74, 6) is 0.446. The maximum atomic E-state index is 12.7. The van der Waals surface area contributed by atoms with E-state index in [2.05, 4.69) is 15.5 Å². The van der Waals surface area contributed by atoms with Crippen LogP contribution in [-0.4, -0.2) is 58.1 Å². The molecule has 144 valence electrons. The second kappa shape index (κ2) is 7.77. The third-order valence-electron chi connectivity index (χ3n) is 4.53. The van der Waals surface area contributed by atoms with Crippen LogP contribution in [0, 0.1) is 0 Å². The number of hydrogen-bond donors (Lipinski definition) is 2. The van der Waals surface area contributed by atoms with Gasteiger partial charge in [0.2, 0.25) is 0 Å². The number of rotatable bonds is 3. The van der Waals surface area contributed by atoms with Gasteiger partial charge in [0, 0.05) is 43.0 Å². The number of carbonyl (C=O) groups excluding carboxylic acids is 2. The molecule has 1 saturated heterocycles. The fourth-order valence-corrected chi connectivity index (χ4v) is 3.13. The minimum atomic E-state index is -0.200. The molecule has 1 aliphatic heterocycles. The van der Waals surface area contributed by atoms with Gasteiger partial charge in [-0.05, 0) is 36.4 Å². The topological polar surface area (TPSA) is 94.5 Å². The fraction of sp³-hybridized carbons (Fsp3) is 0.211. The molecule has 0 saturated carbocycles. The Morgan fingerprint density at radius 2 is 1.79 bits per heavy atom. The largest absolute Gasteiger partial charge is 0.463 e. The Balaban J connectivity index is 1.33. The van der Waals surface area contributed by atoms with Crippen molar-refractivity contribution in [3.8, 4) is 11.5 Å². The van der Waals surface area contributed by atoms with Gasteiger partial charge in [0.15, 0.2) is 11.5 Å². The lowest BCUT2D eigenvalue weighted by molar-refractivity contribution is 0.0666. The van der Waals surface area contributed by atoms with Crippen LogP contribution in [-0.2, 0) is 0 Å². The van der Waals surface area contributed by atoms with Crippen molar-refractivity contribution in [2.75, 3.05) is 31.5 Å². The predicted molar refractivity (Wildman–Crippen MR) is 104 cm³/mol. The van der Waals surface area contributed by atoms with Gasteiger partial charge in [-0.2, -0.15) is 5.10 Å². The number of aromatic nitrogens is 2. The second-order valence-electron chi connectivity index (χ2n) is 6.36. The molecular formula is C19H18ClN5O3. The summed E-state index contributed by atoms with van der Waals surface area (Å²) in [6, 6.07) is 12.0. The molecule has 0 aliphatic carbocycles.